The van der Waals surface area contributed by atoms with Gasteiger partial charge in [-0.15, -0.1) is 0 Å². The van der Waals surface area contributed by atoms with Crippen LogP contribution in [0.3, 0.4) is 0 Å². The molecular weight excluding hydrogens is 252 g/mol. The highest BCUT2D eigenvalue weighted by atomic mass is 16.1. The average Bonchev–Trinajstić information content (AvgIpc) is 2.95. The lowest BCUT2D eigenvalue weighted by Gasteiger charge is -2.14. The molecule has 0 aliphatic rings. The van der Waals surface area contributed by atoms with E-state index >= 15 is 0 Å². The molecule has 2 aromatic heterocycles. The largest absolute Gasteiger partial charge is 0.354 e. The topological polar surface area (TPSA) is 62.7 Å². The zero-order valence-electron chi connectivity index (χ0n) is 12.7. The lowest BCUT2D eigenvalue weighted by Crippen LogP contribution is -2.27. The van der Waals surface area contributed by atoms with Crippen molar-refractivity contribution in [3.63, 3.8) is 0 Å². The number of aromatic amines is 1. The molecule has 0 aliphatic heterocycles. The van der Waals surface area contributed by atoms with Crippen LogP contribution in [0.5, 0.6) is 0 Å². The van der Waals surface area contributed by atoms with Gasteiger partial charge >= 0.3 is 0 Å². The Bertz CT molecular complexity index is 624. The highest BCUT2D eigenvalue weighted by molar-refractivity contribution is 5.92. The van der Waals surface area contributed by atoms with Crippen molar-refractivity contribution in [1.82, 2.24) is 20.1 Å². The number of rotatable bonds is 4. The molecule has 0 bridgehead atoms. The standard InChI is InChI=1S/C15H22N4O/c1-6-12-7-8-13(17-12)15(20)16-9(2)14-10(3)18-19(5)11(14)4/h7-9,17H,6H2,1-5H3,(H,16,20). The molecule has 5 nitrogen and oxygen atoms in total. The zero-order valence-corrected chi connectivity index (χ0v) is 12.7. The highest BCUT2D eigenvalue weighted by Gasteiger charge is 2.19. The molecule has 2 heterocycles. The van der Waals surface area contributed by atoms with E-state index in [-0.39, 0.29) is 11.9 Å². The summed E-state index contributed by atoms with van der Waals surface area (Å²) in [5, 5.41) is 7.41. The summed E-state index contributed by atoms with van der Waals surface area (Å²) in [6.45, 7) is 8.02. The van der Waals surface area contributed by atoms with Crippen LogP contribution >= 0.6 is 0 Å². The first-order valence-corrected chi connectivity index (χ1v) is 6.92. The number of nitrogens with zero attached hydrogens (tertiary/aromatic N) is 2. The van der Waals surface area contributed by atoms with Crippen molar-refractivity contribution in [2.75, 3.05) is 0 Å². The Hall–Kier alpha value is -2.04. The van der Waals surface area contributed by atoms with E-state index < -0.39 is 0 Å². The highest BCUT2D eigenvalue weighted by Crippen LogP contribution is 2.21. The van der Waals surface area contributed by atoms with Crippen LogP contribution in [0.2, 0.25) is 0 Å². The first-order valence-electron chi connectivity index (χ1n) is 6.92. The zero-order chi connectivity index (χ0) is 14.9. The second kappa shape index (κ2) is 5.53. The number of carbonyl (C=O) groups is 1. The predicted octanol–water partition coefficient (Wildman–Crippen LogP) is 2.42. The first kappa shape index (κ1) is 14.4. The van der Waals surface area contributed by atoms with Crippen LogP contribution in [0.4, 0.5) is 0 Å². The van der Waals surface area contributed by atoms with E-state index in [0.717, 1.165) is 29.1 Å². The third-order valence-electron chi connectivity index (χ3n) is 3.72. The number of aromatic nitrogens is 3. The Morgan fingerprint density at radius 2 is 2.15 bits per heavy atom. The molecule has 1 unspecified atom stereocenters. The van der Waals surface area contributed by atoms with Gasteiger partial charge in [-0.25, -0.2) is 0 Å². The third-order valence-corrected chi connectivity index (χ3v) is 3.72. The molecule has 0 saturated carbocycles. The molecule has 0 spiro atoms. The summed E-state index contributed by atoms with van der Waals surface area (Å²) in [5.41, 5.74) is 4.79. The molecule has 0 aromatic carbocycles. The van der Waals surface area contributed by atoms with Crippen LogP contribution in [-0.2, 0) is 13.5 Å². The van der Waals surface area contributed by atoms with Crippen LogP contribution in [0.1, 0.15) is 53.0 Å². The summed E-state index contributed by atoms with van der Waals surface area (Å²) in [6.07, 6.45) is 0.893. The molecule has 1 amide bonds. The molecule has 1 atom stereocenters. The van der Waals surface area contributed by atoms with Gasteiger partial charge < -0.3 is 10.3 Å². The summed E-state index contributed by atoms with van der Waals surface area (Å²) in [6, 6.07) is 3.70. The SMILES string of the molecule is CCc1ccc(C(=O)NC(C)c2c(C)nn(C)c2C)[nH]1. The molecule has 108 valence electrons. The van der Waals surface area contributed by atoms with Gasteiger partial charge in [0.15, 0.2) is 0 Å². The molecule has 2 rings (SSSR count). The maximum Gasteiger partial charge on any atom is 0.268 e. The monoisotopic (exact) mass is 274 g/mol. The lowest BCUT2D eigenvalue weighted by molar-refractivity contribution is 0.0935. The minimum Gasteiger partial charge on any atom is -0.354 e. The van der Waals surface area contributed by atoms with Crippen LogP contribution < -0.4 is 5.32 Å². The van der Waals surface area contributed by atoms with Crippen LogP contribution in [0.25, 0.3) is 0 Å². The summed E-state index contributed by atoms with van der Waals surface area (Å²) in [4.78, 5) is 15.3. The second-order valence-corrected chi connectivity index (χ2v) is 5.15. The van der Waals surface area contributed by atoms with E-state index in [1.165, 1.54) is 0 Å². The van der Waals surface area contributed by atoms with Crippen LogP contribution in [0.15, 0.2) is 12.1 Å². The van der Waals surface area contributed by atoms with E-state index in [1.807, 2.05) is 44.6 Å². The fraction of sp³-hybridized carbons (Fsp3) is 0.467. The summed E-state index contributed by atoms with van der Waals surface area (Å²) in [7, 11) is 1.92. The van der Waals surface area contributed by atoms with E-state index in [2.05, 4.69) is 22.3 Å². The van der Waals surface area contributed by atoms with Crippen molar-refractivity contribution in [2.45, 2.75) is 40.2 Å². The second-order valence-electron chi connectivity index (χ2n) is 5.15. The van der Waals surface area contributed by atoms with Crippen LogP contribution in [0, 0.1) is 13.8 Å². The van der Waals surface area contributed by atoms with Crippen molar-refractivity contribution >= 4 is 5.91 Å². The van der Waals surface area contributed by atoms with E-state index in [4.69, 9.17) is 0 Å². The van der Waals surface area contributed by atoms with Gasteiger partial charge in [-0.3, -0.25) is 9.48 Å². The Morgan fingerprint density at radius 1 is 1.45 bits per heavy atom. The first-order chi connectivity index (χ1) is 9.43. The number of amides is 1. The van der Waals surface area contributed by atoms with Gasteiger partial charge in [-0.1, -0.05) is 6.92 Å². The quantitative estimate of drug-likeness (QED) is 0.899. The van der Waals surface area contributed by atoms with Crippen molar-refractivity contribution < 1.29 is 4.79 Å². The minimum atomic E-state index is -0.0835. The fourth-order valence-corrected chi connectivity index (χ4v) is 2.54. The van der Waals surface area contributed by atoms with E-state index in [1.54, 1.807) is 0 Å². The van der Waals surface area contributed by atoms with Crippen molar-refractivity contribution in [3.8, 4) is 0 Å². The third kappa shape index (κ3) is 2.61. The molecule has 0 fully saturated rings. The number of aryl methyl sites for hydroxylation is 3. The van der Waals surface area contributed by atoms with Gasteiger partial charge in [-0.05, 0) is 39.3 Å². The summed E-state index contributed by atoms with van der Waals surface area (Å²) < 4.78 is 1.84. The summed E-state index contributed by atoms with van der Waals surface area (Å²) in [5.74, 6) is -0.0835. The van der Waals surface area contributed by atoms with Crippen LogP contribution in [-0.4, -0.2) is 20.7 Å². The number of hydrogen-bond acceptors (Lipinski definition) is 2. The molecule has 0 aliphatic carbocycles. The van der Waals surface area contributed by atoms with Gasteiger partial charge in [0.1, 0.15) is 5.69 Å². The number of nitrogens with one attached hydrogen (secondary N) is 2. The molecule has 0 radical (unpaired) electrons. The van der Waals surface area contributed by atoms with Crippen molar-refractivity contribution in [2.24, 2.45) is 7.05 Å². The molecule has 0 saturated heterocycles. The van der Waals surface area contributed by atoms with Gasteiger partial charge in [-0.2, -0.15) is 5.10 Å². The molecule has 2 aromatic rings. The maximum atomic E-state index is 12.2. The van der Waals surface area contributed by atoms with E-state index in [0.29, 0.717) is 5.69 Å². The average molecular weight is 274 g/mol. The predicted molar refractivity (Wildman–Crippen MR) is 78.7 cm³/mol. The lowest BCUT2D eigenvalue weighted by atomic mass is 10.1. The Kier molecular flexibility index (Phi) is 3.97. The number of hydrogen-bond donors (Lipinski definition) is 2. The Morgan fingerprint density at radius 3 is 2.65 bits per heavy atom. The van der Waals surface area contributed by atoms with Gasteiger partial charge in [0.05, 0.1) is 11.7 Å². The van der Waals surface area contributed by atoms with Crippen molar-refractivity contribution in [3.05, 3.63) is 40.5 Å². The van der Waals surface area contributed by atoms with Gasteiger partial charge in [0.2, 0.25) is 0 Å². The molecular formula is C15H22N4O. The van der Waals surface area contributed by atoms with E-state index in [9.17, 15) is 4.79 Å². The Labute approximate surface area is 119 Å². The summed E-state index contributed by atoms with van der Waals surface area (Å²) >= 11 is 0. The molecule has 2 N–H and O–H groups in total. The van der Waals surface area contributed by atoms with Crippen molar-refractivity contribution in [1.29, 1.82) is 0 Å². The molecule has 5 heteroatoms. The smallest absolute Gasteiger partial charge is 0.268 e. The number of H-pyrrole nitrogens is 1. The fourth-order valence-electron chi connectivity index (χ4n) is 2.54. The Balaban J connectivity index is 2.15. The van der Waals surface area contributed by atoms with Gasteiger partial charge in [0.25, 0.3) is 5.91 Å². The van der Waals surface area contributed by atoms with Gasteiger partial charge in [0, 0.05) is 24.0 Å². The number of carbonyl (C=O) groups excluding carboxylic acids is 1. The molecule has 20 heavy (non-hydrogen) atoms. The maximum absolute atomic E-state index is 12.2. The normalized spacial score (nSPS) is 12.4. The minimum absolute atomic E-state index is 0.0652.